The Labute approximate surface area is 114 Å². The lowest BCUT2D eigenvalue weighted by Gasteiger charge is -2.44. The molecule has 0 amide bonds. The summed E-state index contributed by atoms with van der Waals surface area (Å²) in [6.45, 7) is 3.86. The van der Waals surface area contributed by atoms with Crippen molar-refractivity contribution in [1.29, 1.82) is 0 Å². The molecular formula is C14H22N4O. The van der Waals surface area contributed by atoms with Crippen molar-refractivity contribution in [3.63, 3.8) is 0 Å². The van der Waals surface area contributed by atoms with E-state index in [0.717, 1.165) is 37.8 Å². The predicted molar refractivity (Wildman–Crippen MR) is 74.5 cm³/mol. The van der Waals surface area contributed by atoms with Crippen LogP contribution in [0.25, 0.3) is 0 Å². The molecule has 1 aromatic rings. The van der Waals surface area contributed by atoms with Crippen LogP contribution in [0.3, 0.4) is 0 Å². The molecule has 104 valence electrons. The SMILES string of the molecule is COCCN(C)C1CN(c2ccc(C3CC3)nn2)C1. The van der Waals surface area contributed by atoms with E-state index in [4.69, 9.17) is 4.74 Å². The molecule has 5 heteroatoms. The molecule has 2 aliphatic rings. The van der Waals surface area contributed by atoms with Gasteiger partial charge in [-0.1, -0.05) is 0 Å². The maximum absolute atomic E-state index is 5.11. The van der Waals surface area contributed by atoms with E-state index in [1.807, 2.05) is 0 Å². The topological polar surface area (TPSA) is 41.5 Å². The molecule has 0 aromatic carbocycles. The molecule has 0 atom stereocenters. The van der Waals surface area contributed by atoms with E-state index < -0.39 is 0 Å². The van der Waals surface area contributed by atoms with Crippen molar-refractivity contribution in [2.24, 2.45) is 0 Å². The first kappa shape index (κ1) is 12.8. The molecule has 1 aromatic heterocycles. The van der Waals surface area contributed by atoms with Gasteiger partial charge < -0.3 is 9.64 Å². The molecule has 1 saturated carbocycles. The Morgan fingerprint density at radius 2 is 2.11 bits per heavy atom. The molecule has 2 heterocycles. The van der Waals surface area contributed by atoms with Gasteiger partial charge in [-0.2, -0.15) is 5.10 Å². The third kappa shape index (κ3) is 2.87. The molecule has 0 bridgehead atoms. The number of methoxy groups -OCH3 is 1. The number of nitrogens with zero attached hydrogens (tertiary/aromatic N) is 4. The van der Waals surface area contributed by atoms with E-state index in [9.17, 15) is 0 Å². The van der Waals surface area contributed by atoms with E-state index in [2.05, 4.69) is 39.2 Å². The van der Waals surface area contributed by atoms with Crippen molar-refractivity contribution in [2.75, 3.05) is 45.3 Å². The smallest absolute Gasteiger partial charge is 0.151 e. The fourth-order valence-corrected chi connectivity index (χ4v) is 2.44. The molecule has 0 unspecified atom stereocenters. The Kier molecular flexibility index (Phi) is 3.66. The Bertz CT molecular complexity index is 412. The highest BCUT2D eigenvalue weighted by Gasteiger charge is 2.31. The molecule has 1 aliphatic heterocycles. The fourth-order valence-electron chi connectivity index (χ4n) is 2.44. The van der Waals surface area contributed by atoms with Crippen LogP contribution in [0.15, 0.2) is 12.1 Å². The van der Waals surface area contributed by atoms with Gasteiger partial charge in [0.15, 0.2) is 5.82 Å². The molecule has 0 radical (unpaired) electrons. The highest BCUT2D eigenvalue weighted by molar-refractivity contribution is 5.42. The number of hydrogen-bond donors (Lipinski definition) is 0. The summed E-state index contributed by atoms with van der Waals surface area (Å²) in [4.78, 5) is 4.64. The first-order chi connectivity index (χ1) is 9.28. The van der Waals surface area contributed by atoms with Crippen molar-refractivity contribution in [3.8, 4) is 0 Å². The normalized spacial score (nSPS) is 19.8. The first-order valence-electron chi connectivity index (χ1n) is 7.05. The molecule has 0 spiro atoms. The largest absolute Gasteiger partial charge is 0.383 e. The first-order valence-corrected chi connectivity index (χ1v) is 7.05. The molecule has 2 fully saturated rings. The van der Waals surface area contributed by atoms with Crippen molar-refractivity contribution < 1.29 is 4.74 Å². The van der Waals surface area contributed by atoms with Gasteiger partial charge in [0, 0.05) is 38.7 Å². The number of hydrogen-bond acceptors (Lipinski definition) is 5. The second kappa shape index (κ2) is 5.43. The average molecular weight is 262 g/mol. The van der Waals surface area contributed by atoms with Crippen LogP contribution in [0, 0.1) is 0 Å². The summed E-state index contributed by atoms with van der Waals surface area (Å²) in [5.74, 6) is 1.70. The van der Waals surface area contributed by atoms with E-state index in [1.165, 1.54) is 12.8 Å². The van der Waals surface area contributed by atoms with Gasteiger partial charge in [0.1, 0.15) is 0 Å². The highest BCUT2D eigenvalue weighted by atomic mass is 16.5. The Morgan fingerprint density at radius 1 is 1.32 bits per heavy atom. The Hall–Kier alpha value is -1.20. The lowest BCUT2D eigenvalue weighted by atomic mass is 10.1. The van der Waals surface area contributed by atoms with Crippen LogP contribution in [0.4, 0.5) is 5.82 Å². The lowest BCUT2D eigenvalue weighted by molar-refractivity contribution is 0.127. The van der Waals surface area contributed by atoms with Gasteiger partial charge >= 0.3 is 0 Å². The van der Waals surface area contributed by atoms with Gasteiger partial charge in [-0.3, -0.25) is 4.90 Å². The maximum Gasteiger partial charge on any atom is 0.151 e. The summed E-state index contributed by atoms with van der Waals surface area (Å²) < 4.78 is 5.11. The van der Waals surface area contributed by atoms with Crippen molar-refractivity contribution in [2.45, 2.75) is 24.8 Å². The van der Waals surface area contributed by atoms with Gasteiger partial charge in [0.2, 0.25) is 0 Å². The minimum atomic E-state index is 0.611. The minimum Gasteiger partial charge on any atom is -0.383 e. The highest BCUT2D eigenvalue weighted by Crippen LogP contribution is 2.38. The number of anilines is 1. The number of ether oxygens (including phenoxy) is 1. The van der Waals surface area contributed by atoms with Gasteiger partial charge in [-0.15, -0.1) is 5.10 Å². The monoisotopic (exact) mass is 262 g/mol. The zero-order valence-electron chi connectivity index (χ0n) is 11.7. The molecule has 19 heavy (non-hydrogen) atoms. The quantitative estimate of drug-likeness (QED) is 0.768. The van der Waals surface area contributed by atoms with Gasteiger partial charge in [0.25, 0.3) is 0 Å². The van der Waals surface area contributed by atoms with Gasteiger partial charge in [-0.25, -0.2) is 0 Å². The average Bonchev–Trinajstić information content (AvgIpc) is 3.20. The summed E-state index contributed by atoms with van der Waals surface area (Å²) in [6.07, 6.45) is 2.56. The number of likely N-dealkylation sites (N-methyl/N-ethyl adjacent to an activating group) is 1. The van der Waals surface area contributed by atoms with Crippen molar-refractivity contribution in [1.82, 2.24) is 15.1 Å². The van der Waals surface area contributed by atoms with Crippen LogP contribution < -0.4 is 4.90 Å². The van der Waals surface area contributed by atoms with Crippen molar-refractivity contribution in [3.05, 3.63) is 17.8 Å². The standard InChI is InChI=1S/C14H22N4O/c1-17(7-8-19-2)12-9-18(10-12)14-6-5-13(15-16-14)11-3-4-11/h5-6,11-12H,3-4,7-10H2,1-2H3. The third-order valence-corrected chi connectivity index (χ3v) is 4.12. The minimum absolute atomic E-state index is 0.611. The summed E-state index contributed by atoms with van der Waals surface area (Å²) in [5, 5.41) is 8.69. The van der Waals surface area contributed by atoms with Crippen LogP contribution in [0.1, 0.15) is 24.5 Å². The molecule has 3 rings (SSSR count). The third-order valence-electron chi connectivity index (χ3n) is 4.12. The van der Waals surface area contributed by atoms with Crippen LogP contribution in [-0.4, -0.2) is 61.5 Å². The summed E-state index contributed by atoms with van der Waals surface area (Å²) >= 11 is 0. The lowest BCUT2D eigenvalue weighted by Crippen LogP contribution is -2.59. The van der Waals surface area contributed by atoms with Crippen molar-refractivity contribution >= 4 is 5.82 Å². The van der Waals surface area contributed by atoms with Crippen LogP contribution >= 0.6 is 0 Å². The zero-order valence-corrected chi connectivity index (χ0v) is 11.7. The van der Waals surface area contributed by atoms with E-state index >= 15 is 0 Å². The number of rotatable bonds is 6. The Balaban J connectivity index is 1.49. The molecule has 0 N–H and O–H groups in total. The zero-order chi connectivity index (χ0) is 13.2. The number of aromatic nitrogens is 2. The summed E-state index contributed by atoms with van der Waals surface area (Å²) in [7, 11) is 3.90. The second-order valence-corrected chi connectivity index (χ2v) is 5.62. The van der Waals surface area contributed by atoms with Crippen LogP contribution in [0.2, 0.25) is 0 Å². The van der Waals surface area contributed by atoms with E-state index in [0.29, 0.717) is 12.0 Å². The molecule has 1 aliphatic carbocycles. The Morgan fingerprint density at radius 3 is 2.68 bits per heavy atom. The second-order valence-electron chi connectivity index (χ2n) is 5.62. The fraction of sp³-hybridized carbons (Fsp3) is 0.714. The van der Waals surface area contributed by atoms with Crippen LogP contribution in [0.5, 0.6) is 0 Å². The molecule has 5 nitrogen and oxygen atoms in total. The summed E-state index contributed by atoms with van der Waals surface area (Å²) in [5.41, 5.74) is 1.16. The predicted octanol–water partition coefficient (Wildman–Crippen LogP) is 1.12. The molecule has 1 saturated heterocycles. The molecular weight excluding hydrogens is 240 g/mol. The van der Waals surface area contributed by atoms with Crippen LogP contribution in [-0.2, 0) is 4.74 Å². The maximum atomic E-state index is 5.11. The van der Waals surface area contributed by atoms with E-state index in [-0.39, 0.29) is 0 Å². The summed E-state index contributed by atoms with van der Waals surface area (Å²) in [6, 6.07) is 4.87. The van der Waals surface area contributed by atoms with E-state index in [1.54, 1.807) is 7.11 Å². The van der Waals surface area contributed by atoms with Gasteiger partial charge in [-0.05, 0) is 32.0 Å². The van der Waals surface area contributed by atoms with Gasteiger partial charge in [0.05, 0.1) is 12.3 Å².